The fraction of sp³-hybridized carbons (Fsp3) is 0.462. The Balaban J connectivity index is 2.49. The number of hydrogen-bond donors (Lipinski definition) is 0. The number of aromatic nitrogens is 2. The largest absolute Gasteiger partial charge is 0.303 e. The first-order valence-corrected chi connectivity index (χ1v) is 5.80. The molecule has 2 rings (SSSR count). The Morgan fingerprint density at radius 2 is 2.06 bits per heavy atom. The topological polar surface area (TPSA) is 21.1 Å². The quantitative estimate of drug-likeness (QED) is 0.758. The van der Waals surface area contributed by atoms with Crippen LogP contribution < -0.4 is 0 Å². The van der Waals surface area contributed by atoms with E-state index in [0.29, 0.717) is 0 Å². The molecule has 2 heterocycles. The van der Waals surface area contributed by atoms with E-state index in [-0.39, 0.29) is 0 Å². The molecular formula is C13H19N3. The Kier molecular flexibility index (Phi) is 3.25. The first-order chi connectivity index (χ1) is 7.76. The van der Waals surface area contributed by atoms with Crippen molar-refractivity contribution in [1.29, 1.82) is 0 Å². The maximum Gasteiger partial charge on any atom is 0.136 e. The number of fused-ring (bicyclic) bond motifs is 1. The molecule has 16 heavy (non-hydrogen) atoms. The third kappa shape index (κ3) is 1.95. The monoisotopic (exact) mass is 217 g/mol. The van der Waals surface area contributed by atoms with Crippen LogP contribution in [0.15, 0.2) is 12.2 Å². The number of rotatable bonds is 2. The molecule has 0 saturated carbocycles. The molecule has 3 nitrogen and oxygen atoms in total. The van der Waals surface area contributed by atoms with Crippen LogP contribution in [0, 0.1) is 0 Å². The molecule has 0 aliphatic carbocycles. The summed E-state index contributed by atoms with van der Waals surface area (Å²) >= 11 is 0. The molecule has 0 fully saturated rings. The van der Waals surface area contributed by atoms with Gasteiger partial charge in [0.1, 0.15) is 5.82 Å². The van der Waals surface area contributed by atoms with Crippen LogP contribution in [-0.2, 0) is 13.0 Å². The second kappa shape index (κ2) is 4.66. The molecule has 1 aromatic rings. The smallest absolute Gasteiger partial charge is 0.136 e. The van der Waals surface area contributed by atoms with E-state index in [9.17, 15) is 0 Å². The zero-order valence-electron chi connectivity index (χ0n) is 10.3. The van der Waals surface area contributed by atoms with Crippen molar-refractivity contribution in [1.82, 2.24) is 14.5 Å². The first-order valence-electron chi connectivity index (χ1n) is 5.80. The van der Waals surface area contributed by atoms with Crippen molar-refractivity contribution in [3.05, 3.63) is 29.4 Å². The van der Waals surface area contributed by atoms with Gasteiger partial charge >= 0.3 is 0 Å². The summed E-state index contributed by atoms with van der Waals surface area (Å²) in [5, 5.41) is 0. The van der Waals surface area contributed by atoms with Gasteiger partial charge in [0.15, 0.2) is 0 Å². The zero-order chi connectivity index (χ0) is 11.5. The first kappa shape index (κ1) is 11.1. The van der Waals surface area contributed by atoms with Gasteiger partial charge in [-0.2, -0.15) is 0 Å². The van der Waals surface area contributed by atoms with Crippen LogP contribution in [0.2, 0.25) is 0 Å². The molecule has 0 bridgehead atoms. The van der Waals surface area contributed by atoms with Crippen LogP contribution >= 0.6 is 0 Å². The highest BCUT2D eigenvalue weighted by atomic mass is 15.2. The van der Waals surface area contributed by atoms with Gasteiger partial charge in [-0.3, -0.25) is 0 Å². The van der Waals surface area contributed by atoms with Gasteiger partial charge in [0.2, 0.25) is 0 Å². The minimum atomic E-state index is 0.990. The van der Waals surface area contributed by atoms with Crippen molar-refractivity contribution in [2.45, 2.75) is 26.8 Å². The van der Waals surface area contributed by atoms with Gasteiger partial charge in [-0.1, -0.05) is 12.2 Å². The van der Waals surface area contributed by atoms with E-state index in [4.69, 9.17) is 4.98 Å². The summed E-state index contributed by atoms with van der Waals surface area (Å²) in [6.07, 6.45) is 9.32. The number of nitrogens with zero attached hydrogens (tertiary/aromatic N) is 3. The van der Waals surface area contributed by atoms with Crippen molar-refractivity contribution in [2.75, 3.05) is 13.6 Å². The number of likely N-dealkylation sites (N-methyl/N-ethyl adjacent to an activating group) is 1. The van der Waals surface area contributed by atoms with Crippen LogP contribution in [0.1, 0.15) is 31.1 Å². The average molecular weight is 217 g/mol. The Bertz CT molecular complexity index is 427. The maximum absolute atomic E-state index is 4.69. The predicted molar refractivity (Wildman–Crippen MR) is 68.0 cm³/mol. The second-order valence-electron chi connectivity index (χ2n) is 4.20. The van der Waals surface area contributed by atoms with E-state index >= 15 is 0 Å². The molecule has 0 spiro atoms. The highest BCUT2D eigenvalue weighted by Gasteiger charge is 2.20. The molecular weight excluding hydrogens is 198 g/mol. The summed E-state index contributed by atoms with van der Waals surface area (Å²) in [5.74, 6) is 1.04. The molecule has 86 valence electrons. The van der Waals surface area contributed by atoms with E-state index in [1.165, 1.54) is 11.4 Å². The molecule has 0 unspecified atom stereocenters. The summed E-state index contributed by atoms with van der Waals surface area (Å²) in [5.41, 5.74) is 2.59. The molecule has 1 aliphatic rings. The van der Waals surface area contributed by atoms with Crippen LogP contribution in [-0.4, -0.2) is 28.0 Å². The number of allylic oxidation sites excluding steroid dienone is 2. The van der Waals surface area contributed by atoms with Crippen molar-refractivity contribution >= 4 is 12.3 Å². The van der Waals surface area contributed by atoms with Gasteiger partial charge < -0.3 is 9.47 Å². The number of hydrogen-bond acceptors (Lipinski definition) is 2. The summed E-state index contributed by atoms with van der Waals surface area (Å²) < 4.78 is 2.20. The van der Waals surface area contributed by atoms with Gasteiger partial charge in [-0.25, -0.2) is 4.98 Å². The summed E-state index contributed by atoms with van der Waals surface area (Å²) in [4.78, 5) is 7.03. The van der Waals surface area contributed by atoms with Crippen LogP contribution in [0.3, 0.4) is 0 Å². The number of imidazole rings is 1. The zero-order valence-corrected chi connectivity index (χ0v) is 10.3. The Labute approximate surface area is 97.1 Å². The normalized spacial score (nSPS) is 17.4. The highest BCUT2D eigenvalue weighted by molar-refractivity contribution is 5.48. The lowest BCUT2D eigenvalue weighted by atomic mass is 10.1. The Hall–Kier alpha value is -1.35. The third-order valence-electron chi connectivity index (χ3n) is 2.88. The summed E-state index contributed by atoms with van der Waals surface area (Å²) in [7, 11) is 2.16. The standard InChI is InChI=1S/C13H19N3/c1-4-6-13-14-11-7-9-15(3)10-12(11)16(13)8-5-2/h4-6,8H,7,9-10H2,1-3H3/b6-4-,8-5-. The van der Waals surface area contributed by atoms with Gasteiger partial charge in [0, 0.05) is 25.7 Å². The fourth-order valence-electron chi connectivity index (χ4n) is 2.12. The van der Waals surface area contributed by atoms with Gasteiger partial charge in [-0.15, -0.1) is 0 Å². The molecule has 0 N–H and O–H groups in total. The highest BCUT2D eigenvalue weighted by Crippen LogP contribution is 2.20. The van der Waals surface area contributed by atoms with Gasteiger partial charge in [-0.05, 0) is 27.0 Å². The van der Waals surface area contributed by atoms with E-state index in [2.05, 4.69) is 34.9 Å². The van der Waals surface area contributed by atoms with Crippen LogP contribution in [0.25, 0.3) is 12.3 Å². The van der Waals surface area contributed by atoms with Crippen molar-refractivity contribution in [2.24, 2.45) is 0 Å². The molecule has 0 saturated heterocycles. The van der Waals surface area contributed by atoms with E-state index in [1.54, 1.807) is 0 Å². The van der Waals surface area contributed by atoms with Crippen molar-refractivity contribution < 1.29 is 0 Å². The van der Waals surface area contributed by atoms with Gasteiger partial charge in [0.05, 0.1) is 11.4 Å². The van der Waals surface area contributed by atoms with Crippen molar-refractivity contribution in [3.63, 3.8) is 0 Å². The Morgan fingerprint density at radius 3 is 2.75 bits per heavy atom. The second-order valence-corrected chi connectivity index (χ2v) is 4.20. The van der Waals surface area contributed by atoms with Crippen LogP contribution in [0.5, 0.6) is 0 Å². The molecule has 1 aliphatic heterocycles. The molecule has 3 heteroatoms. The molecule has 1 aromatic heterocycles. The molecule has 0 atom stereocenters. The summed E-state index contributed by atoms with van der Waals surface area (Å²) in [6.45, 7) is 6.16. The lowest BCUT2D eigenvalue weighted by Crippen LogP contribution is -2.27. The van der Waals surface area contributed by atoms with Crippen molar-refractivity contribution in [3.8, 4) is 0 Å². The minimum Gasteiger partial charge on any atom is -0.303 e. The molecule has 0 amide bonds. The van der Waals surface area contributed by atoms with E-state index < -0.39 is 0 Å². The Morgan fingerprint density at radius 1 is 1.25 bits per heavy atom. The predicted octanol–water partition coefficient (Wildman–Crippen LogP) is 2.39. The molecule has 0 radical (unpaired) electrons. The fourth-order valence-corrected chi connectivity index (χ4v) is 2.12. The summed E-state index contributed by atoms with van der Waals surface area (Å²) in [6, 6.07) is 0. The average Bonchev–Trinajstić information content (AvgIpc) is 2.58. The minimum absolute atomic E-state index is 0.990. The van der Waals surface area contributed by atoms with E-state index in [1.807, 2.05) is 19.9 Å². The molecule has 0 aromatic carbocycles. The lowest BCUT2D eigenvalue weighted by Gasteiger charge is -2.22. The van der Waals surface area contributed by atoms with E-state index in [0.717, 1.165) is 25.3 Å². The van der Waals surface area contributed by atoms with Crippen LogP contribution in [0.4, 0.5) is 0 Å². The van der Waals surface area contributed by atoms with Gasteiger partial charge in [0.25, 0.3) is 0 Å². The third-order valence-corrected chi connectivity index (χ3v) is 2.88. The lowest BCUT2D eigenvalue weighted by molar-refractivity contribution is 0.305. The SMILES string of the molecule is C/C=C\c1nc2c(n1/C=C\C)CN(C)CC2. The maximum atomic E-state index is 4.69.